The number of piperidine rings is 1. The highest BCUT2D eigenvalue weighted by Crippen LogP contribution is 2.20. The van der Waals surface area contributed by atoms with Gasteiger partial charge in [-0.15, -0.1) is 0 Å². The number of nitrogens with zero attached hydrogens (tertiary/aromatic N) is 1. The van der Waals surface area contributed by atoms with Crippen molar-refractivity contribution in [2.75, 3.05) is 18.8 Å². The largest absolute Gasteiger partial charge is 0.508 e. The molecule has 0 aromatic heterocycles. The molecule has 1 heterocycles. The van der Waals surface area contributed by atoms with Crippen LogP contribution in [0.3, 0.4) is 0 Å². The molecule has 1 fully saturated rings. The number of likely N-dealkylation sites (tertiary alicyclic amines) is 1. The first kappa shape index (κ1) is 13.4. The number of hydrogen-bond donors (Lipinski definition) is 3. The third kappa shape index (κ3) is 3.48. The highest BCUT2D eigenvalue weighted by Gasteiger charge is 2.19. The van der Waals surface area contributed by atoms with E-state index in [1.54, 1.807) is 17.0 Å². The van der Waals surface area contributed by atoms with Crippen LogP contribution in [0.1, 0.15) is 18.4 Å². The van der Waals surface area contributed by atoms with Crippen LogP contribution in [0, 0.1) is 0 Å². The van der Waals surface area contributed by atoms with Crippen molar-refractivity contribution in [3.05, 3.63) is 29.8 Å². The lowest BCUT2D eigenvalue weighted by atomic mass is 10.1. The maximum absolute atomic E-state index is 11.9. The molecule has 0 unspecified atom stereocenters. The number of aromatic hydroxyl groups is 1. The summed E-state index contributed by atoms with van der Waals surface area (Å²) in [4.78, 5) is 13.6. The van der Waals surface area contributed by atoms with Gasteiger partial charge in [-0.25, -0.2) is 0 Å². The number of carbonyl (C=O) groups is 1. The Bertz CT molecular complexity index is 491. The van der Waals surface area contributed by atoms with Crippen LogP contribution in [-0.2, 0) is 4.79 Å². The minimum absolute atomic E-state index is 0.102. The molecule has 19 heavy (non-hydrogen) atoms. The van der Waals surface area contributed by atoms with E-state index in [-0.39, 0.29) is 17.8 Å². The number of amides is 1. The Morgan fingerprint density at radius 2 is 2.05 bits per heavy atom. The molecule has 0 bridgehead atoms. The van der Waals surface area contributed by atoms with Gasteiger partial charge in [0.25, 0.3) is 0 Å². The number of benzene rings is 1. The predicted molar refractivity (Wildman–Crippen MR) is 73.4 cm³/mol. The third-order valence-corrected chi connectivity index (χ3v) is 3.25. The fourth-order valence-electron chi connectivity index (χ4n) is 2.06. The second-order valence-electron chi connectivity index (χ2n) is 4.70. The smallest absolute Gasteiger partial charge is 0.246 e. The summed E-state index contributed by atoms with van der Waals surface area (Å²) in [5, 5.41) is 18.8. The maximum Gasteiger partial charge on any atom is 0.246 e. The zero-order valence-corrected chi connectivity index (χ0v) is 10.6. The number of nitrogens with two attached hydrogens (primary N) is 1. The molecule has 1 aromatic rings. The first-order valence-electron chi connectivity index (χ1n) is 6.30. The van der Waals surface area contributed by atoms with E-state index >= 15 is 0 Å². The van der Waals surface area contributed by atoms with Gasteiger partial charge in [0.1, 0.15) is 5.75 Å². The van der Waals surface area contributed by atoms with Crippen LogP contribution < -0.4 is 5.73 Å². The molecule has 5 heteroatoms. The molecule has 1 saturated heterocycles. The lowest BCUT2D eigenvalue weighted by molar-refractivity contribution is -0.127. The Hall–Kier alpha value is -2.01. The number of rotatable bonds is 2. The van der Waals surface area contributed by atoms with Gasteiger partial charge in [-0.1, -0.05) is 0 Å². The van der Waals surface area contributed by atoms with E-state index in [1.807, 2.05) is 0 Å². The Morgan fingerprint density at radius 3 is 2.74 bits per heavy atom. The molecule has 0 atom stereocenters. The van der Waals surface area contributed by atoms with Crippen molar-refractivity contribution >= 4 is 17.7 Å². The van der Waals surface area contributed by atoms with E-state index in [0.29, 0.717) is 37.2 Å². The standard InChI is InChI=1S/C14H18N2O3/c15-13-3-2-12(18)9-10(13)1-4-14(19)16-7-5-11(17)6-8-16/h1-4,9,11,17-18H,5-8,15H2. The summed E-state index contributed by atoms with van der Waals surface area (Å²) in [6.45, 7) is 1.14. The van der Waals surface area contributed by atoms with E-state index in [0.717, 1.165) is 0 Å². The molecule has 0 saturated carbocycles. The fraction of sp³-hybridized carbons (Fsp3) is 0.357. The van der Waals surface area contributed by atoms with Crippen molar-refractivity contribution in [1.82, 2.24) is 4.90 Å². The summed E-state index contributed by atoms with van der Waals surface area (Å²) in [5.74, 6) is 0.0111. The van der Waals surface area contributed by atoms with Crippen molar-refractivity contribution < 1.29 is 15.0 Å². The van der Waals surface area contributed by atoms with Gasteiger partial charge in [-0.3, -0.25) is 4.79 Å². The van der Waals surface area contributed by atoms with Gasteiger partial charge in [0, 0.05) is 30.4 Å². The van der Waals surface area contributed by atoms with Crippen molar-refractivity contribution in [3.63, 3.8) is 0 Å². The van der Waals surface area contributed by atoms with E-state index in [1.165, 1.54) is 18.2 Å². The number of phenolic OH excluding ortho intramolecular Hbond substituents is 1. The molecule has 0 spiro atoms. The van der Waals surface area contributed by atoms with Crippen LogP contribution in [0.15, 0.2) is 24.3 Å². The number of phenols is 1. The van der Waals surface area contributed by atoms with Gasteiger partial charge in [0.2, 0.25) is 5.91 Å². The van der Waals surface area contributed by atoms with Crippen LogP contribution in [0.2, 0.25) is 0 Å². The van der Waals surface area contributed by atoms with Crippen molar-refractivity contribution in [2.45, 2.75) is 18.9 Å². The van der Waals surface area contributed by atoms with Crippen LogP contribution in [0.5, 0.6) is 5.75 Å². The molecule has 2 rings (SSSR count). The van der Waals surface area contributed by atoms with E-state index < -0.39 is 0 Å². The number of aliphatic hydroxyl groups excluding tert-OH is 1. The van der Waals surface area contributed by atoms with Crippen LogP contribution in [0.25, 0.3) is 6.08 Å². The third-order valence-electron chi connectivity index (χ3n) is 3.25. The van der Waals surface area contributed by atoms with Gasteiger partial charge >= 0.3 is 0 Å². The summed E-state index contributed by atoms with van der Waals surface area (Å²) in [6, 6.07) is 4.61. The SMILES string of the molecule is Nc1ccc(O)cc1C=CC(=O)N1CCC(O)CC1. The summed E-state index contributed by atoms with van der Waals surface area (Å²) in [6.07, 6.45) is 3.99. The molecule has 1 aliphatic heterocycles. The zero-order valence-electron chi connectivity index (χ0n) is 10.6. The molecule has 1 aromatic carbocycles. The Kier molecular flexibility index (Phi) is 4.06. The van der Waals surface area contributed by atoms with Gasteiger partial charge in [0.15, 0.2) is 0 Å². The monoisotopic (exact) mass is 262 g/mol. The van der Waals surface area contributed by atoms with Gasteiger partial charge in [0.05, 0.1) is 6.10 Å². The highest BCUT2D eigenvalue weighted by molar-refractivity contribution is 5.92. The quantitative estimate of drug-likeness (QED) is 0.421. The Morgan fingerprint density at radius 1 is 1.37 bits per heavy atom. The van der Waals surface area contributed by atoms with Crippen LogP contribution >= 0.6 is 0 Å². The zero-order chi connectivity index (χ0) is 13.8. The van der Waals surface area contributed by atoms with Crippen molar-refractivity contribution in [1.29, 1.82) is 0 Å². The number of carbonyl (C=O) groups excluding carboxylic acids is 1. The first-order chi connectivity index (χ1) is 9.06. The summed E-state index contributed by atoms with van der Waals surface area (Å²) < 4.78 is 0. The molecular formula is C14H18N2O3. The summed E-state index contributed by atoms with van der Waals surface area (Å²) in [7, 11) is 0. The normalized spacial score (nSPS) is 17.0. The fourth-order valence-corrected chi connectivity index (χ4v) is 2.06. The lowest BCUT2D eigenvalue weighted by Gasteiger charge is -2.28. The average molecular weight is 262 g/mol. The molecule has 0 aliphatic carbocycles. The minimum atomic E-state index is -0.297. The van der Waals surface area contributed by atoms with Gasteiger partial charge in [-0.2, -0.15) is 0 Å². The number of aliphatic hydroxyl groups is 1. The van der Waals surface area contributed by atoms with Crippen molar-refractivity contribution in [3.8, 4) is 5.75 Å². The molecule has 1 aliphatic rings. The number of nitrogen functional groups attached to an aromatic ring is 1. The van der Waals surface area contributed by atoms with Crippen LogP contribution in [-0.4, -0.2) is 40.2 Å². The summed E-state index contributed by atoms with van der Waals surface area (Å²) >= 11 is 0. The molecule has 4 N–H and O–H groups in total. The van der Waals surface area contributed by atoms with Crippen LogP contribution in [0.4, 0.5) is 5.69 Å². The first-order valence-corrected chi connectivity index (χ1v) is 6.30. The molecular weight excluding hydrogens is 244 g/mol. The Labute approximate surface area is 112 Å². The molecule has 0 radical (unpaired) electrons. The average Bonchev–Trinajstić information content (AvgIpc) is 2.40. The van der Waals surface area contributed by atoms with E-state index in [2.05, 4.69) is 0 Å². The molecule has 5 nitrogen and oxygen atoms in total. The second-order valence-corrected chi connectivity index (χ2v) is 4.70. The topological polar surface area (TPSA) is 86.8 Å². The Balaban J connectivity index is 2.02. The minimum Gasteiger partial charge on any atom is -0.508 e. The second kappa shape index (κ2) is 5.75. The maximum atomic E-state index is 11.9. The number of hydrogen-bond acceptors (Lipinski definition) is 4. The van der Waals surface area contributed by atoms with E-state index in [9.17, 15) is 15.0 Å². The molecule has 1 amide bonds. The summed E-state index contributed by atoms with van der Waals surface area (Å²) in [5.41, 5.74) is 6.88. The number of anilines is 1. The highest BCUT2D eigenvalue weighted by atomic mass is 16.3. The van der Waals surface area contributed by atoms with Crippen molar-refractivity contribution in [2.24, 2.45) is 0 Å². The lowest BCUT2D eigenvalue weighted by Crippen LogP contribution is -2.39. The van der Waals surface area contributed by atoms with Gasteiger partial charge in [-0.05, 0) is 37.1 Å². The molecule has 102 valence electrons. The predicted octanol–water partition coefficient (Wildman–Crippen LogP) is 0.971. The van der Waals surface area contributed by atoms with Gasteiger partial charge < -0.3 is 20.8 Å². The van der Waals surface area contributed by atoms with E-state index in [4.69, 9.17) is 5.73 Å².